The molecule has 0 aromatic heterocycles. The second-order valence-corrected chi connectivity index (χ2v) is 5.95. The van der Waals surface area contributed by atoms with Gasteiger partial charge in [-0.05, 0) is 12.1 Å². The topological polar surface area (TPSA) is 77.1 Å². The van der Waals surface area contributed by atoms with Gasteiger partial charge in [0.2, 0.25) is 11.8 Å². The van der Waals surface area contributed by atoms with E-state index >= 15 is 0 Å². The van der Waals surface area contributed by atoms with Crippen LogP contribution in [0.4, 0.5) is 11.4 Å². The molecule has 2 amide bonds. The maximum Gasteiger partial charge on any atom is 0.244 e. The predicted octanol–water partition coefficient (Wildman–Crippen LogP) is 3.36. The fourth-order valence-electron chi connectivity index (χ4n) is 2.47. The maximum atomic E-state index is 12.5. The van der Waals surface area contributed by atoms with Crippen molar-refractivity contribution in [2.75, 3.05) is 38.1 Å². The van der Waals surface area contributed by atoms with Crippen LogP contribution in [0.1, 0.15) is 6.92 Å². The second kappa shape index (κ2) is 9.14. The van der Waals surface area contributed by atoms with Crippen LogP contribution in [-0.4, -0.2) is 39.7 Å². The number of hydrogen-bond acceptors (Lipinski definition) is 5. The minimum Gasteiger partial charge on any atom is -0.497 e. The van der Waals surface area contributed by atoms with Crippen molar-refractivity contribution in [2.45, 2.75) is 6.92 Å². The zero-order valence-corrected chi connectivity index (χ0v) is 16.3. The van der Waals surface area contributed by atoms with Gasteiger partial charge in [-0.1, -0.05) is 17.7 Å². The van der Waals surface area contributed by atoms with Crippen LogP contribution in [0.2, 0.25) is 5.02 Å². The summed E-state index contributed by atoms with van der Waals surface area (Å²) in [5.74, 6) is 0.616. The maximum absolute atomic E-state index is 12.5. The SMILES string of the molecule is COc1cccc(NC(=O)CN(C(C)=O)c2cc(OC)c(Cl)cc2OC)c1. The number of methoxy groups -OCH3 is 3. The van der Waals surface area contributed by atoms with Gasteiger partial charge in [0.05, 0.1) is 32.0 Å². The number of halogens is 1. The van der Waals surface area contributed by atoms with Crippen LogP contribution >= 0.6 is 11.6 Å². The Kier molecular flexibility index (Phi) is 6.90. The number of anilines is 2. The summed E-state index contributed by atoms with van der Waals surface area (Å²) in [6, 6.07) is 10.0. The summed E-state index contributed by atoms with van der Waals surface area (Å²) in [7, 11) is 4.46. The van der Waals surface area contributed by atoms with Gasteiger partial charge in [0.1, 0.15) is 23.8 Å². The van der Waals surface area contributed by atoms with E-state index in [0.29, 0.717) is 33.6 Å². The Morgan fingerprint density at radius 1 is 1.04 bits per heavy atom. The number of nitrogens with one attached hydrogen (secondary N) is 1. The van der Waals surface area contributed by atoms with Crippen molar-refractivity contribution in [3.05, 3.63) is 41.4 Å². The Hall–Kier alpha value is -2.93. The molecule has 27 heavy (non-hydrogen) atoms. The van der Waals surface area contributed by atoms with Crippen molar-refractivity contribution in [3.8, 4) is 17.2 Å². The van der Waals surface area contributed by atoms with Gasteiger partial charge >= 0.3 is 0 Å². The molecule has 2 aromatic rings. The highest BCUT2D eigenvalue weighted by Crippen LogP contribution is 2.38. The molecule has 0 spiro atoms. The number of nitrogens with zero attached hydrogens (tertiary/aromatic N) is 1. The molecule has 0 fully saturated rings. The smallest absolute Gasteiger partial charge is 0.244 e. The normalized spacial score (nSPS) is 10.1. The van der Waals surface area contributed by atoms with Crippen LogP contribution in [0, 0.1) is 0 Å². The molecule has 0 aliphatic rings. The lowest BCUT2D eigenvalue weighted by Gasteiger charge is -2.23. The van der Waals surface area contributed by atoms with E-state index in [-0.39, 0.29) is 18.4 Å². The van der Waals surface area contributed by atoms with Gasteiger partial charge in [-0.3, -0.25) is 14.5 Å². The molecule has 144 valence electrons. The third-order valence-electron chi connectivity index (χ3n) is 3.78. The molecule has 0 aliphatic heterocycles. The summed E-state index contributed by atoms with van der Waals surface area (Å²) in [6.07, 6.45) is 0. The lowest BCUT2D eigenvalue weighted by molar-refractivity contribution is -0.120. The second-order valence-electron chi connectivity index (χ2n) is 5.54. The highest BCUT2D eigenvalue weighted by molar-refractivity contribution is 6.32. The summed E-state index contributed by atoms with van der Waals surface area (Å²) in [6.45, 7) is 1.15. The van der Waals surface area contributed by atoms with Gasteiger partial charge in [-0.25, -0.2) is 0 Å². The zero-order chi connectivity index (χ0) is 20.0. The van der Waals surface area contributed by atoms with E-state index < -0.39 is 0 Å². The molecule has 0 bridgehead atoms. The van der Waals surface area contributed by atoms with Crippen molar-refractivity contribution in [2.24, 2.45) is 0 Å². The van der Waals surface area contributed by atoms with Crippen LogP contribution in [0.25, 0.3) is 0 Å². The minimum atomic E-state index is -0.380. The molecule has 0 heterocycles. The number of benzene rings is 2. The van der Waals surface area contributed by atoms with E-state index in [9.17, 15) is 9.59 Å². The largest absolute Gasteiger partial charge is 0.497 e. The molecule has 1 N–H and O–H groups in total. The van der Waals surface area contributed by atoms with E-state index in [2.05, 4.69) is 5.32 Å². The average Bonchev–Trinajstić information content (AvgIpc) is 2.66. The quantitative estimate of drug-likeness (QED) is 0.781. The summed E-state index contributed by atoms with van der Waals surface area (Å²) < 4.78 is 15.6. The lowest BCUT2D eigenvalue weighted by atomic mass is 10.2. The molecule has 7 nitrogen and oxygen atoms in total. The third kappa shape index (κ3) is 5.04. The van der Waals surface area contributed by atoms with Gasteiger partial charge in [-0.2, -0.15) is 0 Å². The van der Waals surface area contributed by atoms with E-state index in [1.807, 2.05) is 0 Å². The van der Waals surface area contributed by atoms with E-state index in [4.69, 9.17) is 25.8 Å². The van der Waals surface area contributed by atoms with Gasteiger partial charge in [0, 0.05) is 30.8 Å². The summed E-state index contributed by atoms with van der Waals surface area (Å²) in [5.41, 5.74) is 0.940. The molecule has 2 aromatic carbocycles. The molecule has 0 saturated heterocycles. The Morgan fingerprint density at radius 3 is 2.33 bits per heavy atom. The van der Waals surface area contributed by atoms with E-state index in [1.165, 1.54) is 32.1 Å². The van der Waals surface area contributed by atoms with Crippen LogP contribution in [0.3, 0.4) is 0 Å². The Balaban J connectivity index is 2.27. The first-order valence-electron chi connectivity index (χ1n) is 8.03. The van der Waals surface area contributed by atoms with Crippen molar-refractivity contribution in [1.29, 1.82) is 0 Å². The van der Waals surface area contributed by atoms with Gasteiger partial charge in [0.25, 0.3) is 0 Å². The molecular weight excluding hydrogens is 372 g/mol. The minimum absolute atomic E-state index is 0.215. The Bertz CT molecular complexity index is 841. The van der Waals surface area contributed by atoms with Gasteiger partial charge in [0.15, 0.2) is 0 Å². The third-order valence-corrected chi connectivity index (χ3v) is 4.07. The van der Waals surface area contributed by atoms with Crippen molar-refractivity contribution >= 4 is 34.8 Å². The molecule has 0 unspecified atom stereocenters. The average molecular weight is 393 g/mol. The predicted molar refractivity (Wildman–Crippen MR) is 104 cm³/mol. The summed E-state index contributed by atoms with van der Waals surface area (Å²) in [5, 5.41) is 3.07. The molecule has 0 saturated carbocycles. The standard InChI is InChI=1S/C19H21ClN2O5/c1-12(23)22(16-10-17(26-3)15(20)9-18(16)27-4)11-19(24)21-13-6-5-7-14(8-13)25-2/h5-10H,11H2,1-4H3,(H,21,24). The number of rotatable bonds is 7. The summed E-state index contributed by atoms with van der Waals surface area (Å²) >= 11 is 6.11. The van der Waals surface area contributed by atoms with Gasteiger partial charge < -0.3 is 19.5 Å². The highest BCUT2D eigenvalue weighted by Gasteiger charge is 2.22. The van der Waals surface area contributed by atoms with Crippen LogP contribution in [0.5, 0.6) is 17.2 Å². The number of amides is 2. The Morgan fingerprint density at radius 2 is 1.74 bits per heavy atom. The fraction of sp³-hybridized carbons (Fsp3) is 0.263. The number of carbonyl (C=O) groups is 2. The molecular formula is C19H21ClN2O5. The summed E-state index contributed by atoms with van der Waals surface area (Å²) in [4.78, 5) is 25.9. The van der Waals surface area contributed by atoms with Crippen molar-refractivity contribution in [3.63, 3.8) is 0 Å². The zero-order valence-electron chi connectivity index (χ0n) is 15.5. The molecule has 0 atom stereocenters. The van der Waals surface area contributed by atoms with Gasteiger partial charge in [-0.15, -0.1) is 0 Å². The number of ether oxygens (including phenoxy) is 3. The van der Waals surface area contributed by atoms with Crippen LogP contribution in [0.15, 0.2) is 36.4 Å². The van der Waals surface area contributed by atoms with E-state index in [0.717, 1.165) is 0 Å². The number of carbonyl (C=O) groups excluding carboxylic acids is 2. The van der Waals surface area contributed by atoms with Crippen LogP contribution in [-0.2, 0) is 9.59 Å². The van der Waals surface area contributed by atoms with Crippen LogP contribution < -0.4 is 24.4 Å². The lowest BCUT2D eigenvalue weighted by Crippen LogP contribution is -2.37. The van der Waals surface area contributed by atoms with Crippen molar-refractivity contribution in [1.82, 2.24) is 0 Å². The van der Waals surface area contributed by atoms with E-state index in [1.54, 1.807) is 37.4 Å². The van der Waals surface area contributed by atoms with Crippen molar-refractivity contribution < 1.29 is 23.8 Å². The molecule has 0 aliphatic carbocycles. The first-order valence-corrected chi connectivity index (χ1v) is 8.41. The monoisotopic (exact) mass is 392 g/mol. The molecule has 0 radical (unpaired) electrons. The fourth-order valence-corrected chi connectivity index (χ4v) is 2.70. The highest BCUT2D eigenvalue weighted by atomic mass is 35.5. The number of hydrogen-bond donors (Lipinski definition) is 1. The molecule has 8 heteroatoms. The molecule has 2 rings (SSSR count). The first kappa shape index (κ1) is 20.4. The Labute approximate surface area is 162 Å². The first-order chi connectivity index (χ1) is 12.9.